The zero-order chi connectivity index (χ0) is 16.3. The van der Waals surface area contributed by atoms with Gasteiger partial charge >= 0.3 is 6.03 Å². The standard InChI is InChI=1S/C14H16F2N4O2/c1-14(22,9-6-18-20(2)7-9)8-17-13(21)19-12-10(15)4-3-5-11(12)16/h3-7,22H,8H2,1-2H3,(H2,17,19,21). The molecule has 1 atom stereocenters. The molecule has 6 nitrogen and oxygen atoms in total. The lowest BCUT2D eigenvalue weighted by Crippen LogP contribution is -2.40. The molecule has 0 aliphatic heterocycles. The minimum atomic E-state index is -1.36. The van der Waals surface area contributed by atoms with Crippen molar-refractivity contribution in [1.29, 1.82) is 0 Å². The fourth-order valence-corrected chi connectivity index (χ4v) is 1.83. The van der Waals surface area contributed by atoms with Gasteiger partial charge in [-0.3, -0.25) is 4.68 Å². The van der Waals surface area contributed by atoms with Crippen molar-refractivity contribution in [2.45, 2.75) is 12.5 Å². The highest BCUT2D eigenvalue weighted by atomic mass is 19.1. The van der Waals surface area contributed by atoms with E-state index >= 15 is 0 Å². The maximum absolute atomic E-state index is 13.4. The predicted octanol–water partition coefficient (Wildman–Crippen LogP) is 1.73. The van der Waals surface area contributed by atoms with E-state index in [9.17, 15) is 18.7 Å². The predicted molar refractivity (Wildman–Crippen MR) is 76.2 cm³/mol. The van der Waals surface area contributed by atoms with Crippen LogP contribution in [0.1, 0.15) is 12.5 Å². The maximum Gasteiger partial charge on any atom is 0.319 e. The fourth-order valence-electron chi connectivity index (χ4n) is 1.83. The number of para-hydroxylation sites is 1. The molecule has 0 radical (unpaired) electrons. The van der Waals surface area contributed by atoms with Crippen molar-refractivity contribution in [2.75, 3.05) is 11.9 Å². The van der Waals surface area contributed by atoms with Crippen molar-refractivity contribution in [3.8, 4) is 0 Å². The Morgan fingerprint density at radius 3 is 2.59 bits per heavy atom. The molecule has 0 fully saturated rings. The molecule has 0 aliphatic rings. The summed E-state index contributed by atoms with van der Waals surface area (Å²) in [5.41, 5.74) is -1.40. The molecule has 0 aliphatic carbocycles. The lowest BCUT2D eigenvalue weighted by molar-refractivity contribution is 0.0599. The Labute approximate surface area is 125 Å². The van der Waals surface area contributed by atoms with Crippen LogP contribution in [0.2, 0.25) is 0 Å². The number of halogens is 2. The number of hydrogen-bond acceptors (Lipinski definition) is 3. The second-order valence-corrected chi connectivity index (χ2v) is 5.08. The van der Waals surface area contributed by atoms with Gasteiger partial charge in [0.05, 0.1) is 12.7 Å². The summed E-state index contributed by atoms with van der Waals surface area (Å²) in [6.07, 6.45) is 3.08. The van der Waals surface area contributed by atoms with Gasteiger partial charge in [0, 0.05) is 18.8 Å². The molecule has 22 heavy (non-hydrogen) atoms. The highest BCUT2D eigenvalue weighted by Gasteiger charge is 2.25. The van der Waals surface area contributed by atoms with Gasteiger partial charge in [0.1, 0.15) is 22.9 Å². The van der Waals surface area contributed by atoms with Crippen LogP contribution >= 0.6 is 0 Å². The normalized spacial score (nSPS) is 13.5. The number of carbonyl (C=O) groups is 1. The summed E-state index contributed by atoms with van der Waals surface area (Å²) >= 11 is 0. The number of benzene rings is 1. The van der Waals surface area contributed by atoms with Crippen LogP contribution in [-0.2, 0) is 12.6 Å². The number of nitrogens with zero attached hydrogens (tertiary/aromatic N) is 2. The molecule has 0 spiro atoms. The van der Waals surface area contributed by atoms with Crippen molar-refractivity contribution in [1.82, 2.24) is 15.1 Å². The Hall–Kier alpha value is -2.48. The average Bonchev–Trinajstić information content (AvgIpc) is 2.88. The minimum Gasteiger partial charge on any atom is -0.383 e. The molecule has 8 heteroatoms. The molecular formula is C14H16F2N4O2. The van der Waals surface area contributed by atoms with Crippen LogP contribution in [0.5, 0.6) is 0 Å². The molecular weight excluding hydrogens is 294 g/mol. The van der Waals surface area contributed by atoms with Crippen molar-refractivity contribution in [3.05, 3.63) is 47.8 Å². The second-order valence-electron chi connectivity index (χ2n) is 5.08. The summed E-state index contributed by atoms with van der Waals surface area (Å²) in [4.78, 5) is 11.7. The van der Waals surface area contributed by atoms with Crippen molar-refractivity contribution in [2.24, 2.45) is 7.05 Å². The molecule has 1 heterocycles. The Morgan fingerprint density at radius 2 is 2.05 bits per heavy atom. The number of aromatic nitrogens is 2. The van der Waals surface area contributed by atoms with E-state index in [0.717, 1.165) is 12.1 Å². The first-order chi connectivity index (χ1) is 10.3. The Morgan fingerprint density at radius 1 is 1.41 bits per heavy atom. The van der Waals surface area contributed by atoms with E-state index in [-0.39, 0.29) is 6.54 Å². The summed E-state index contributed by atoms with van der Waals surface area (Å²) in [6.45, 7) is 1.34. The van der Waals surface area contributed by atoms with Crippen LogP contribution in [0, 0.1) is 11.6 Å². The quantitative estimate of drug-likeness (QED) is 0.804. The monoisotopic (exact) mass is 310 g/mol. The average molecular weight is 310 g/mol. The second kappa shape index (κ2) is 6.10. The van der Waals surface area contributed by atoms with Gasteiger partial charge in [-0.25, -0.2) is 13.6 Å². The number of anilines is 1. The number of hydrogen-bond donors (Lipinski definition) is 3. The molecule has 0 saturated heterocycles. The molecule has 1 aromatic heterocycles. The number of aliphatic hydroxyl groups is 1. The Bertz CT molecular complexity index is 665. The van der Waals surface area contributed by atoms with E-state index in [0.29, 0.717) is 5.56 Å². The molecule has 0 saturated carbocycles. The lowest BCUT2D eigenvalue weighted by Gasteiger charge is -2.22. The van der Waals surface area contributed by atoms with Crippen LogP contribution in [0.25, 0.3) is 0 Å². The van der Waals surface area contributed by atoms with Gasteiger partial charge in [0.25, 0.3) is 0 Å². The zero-order valence-electron chi connectivity index (χ0n) is 12.1. The lowest BCUT2D eigenvalue weighted by atomic mass is 10.00. The highest BCUT2D eigenvalue weighted by Crippen LogP contribution is 2.20. The molecule has 2 rings (SSSR count). The topological polar surface area (TPSA) is 79.2 Å². The molecule has 1 unspecified atom stereocenters. The minimum absolute atomic E-state index is 0.152. The molecule has 2 aromatic rings. The van der Waals surface area contributed by atoms with Crippen molar-refractivity contribution < 1.29 is 18.7 Å². The first-order valence-electron chi connectivity index (χ1n) is 6.50. The van der Waals surface area contributed by atoms with Crippen molar-refractivity contribution in [3.63, 3.8) is 0 Å². The third kappa shape index (κ3) is 3.59. The smallest absolute Gasteiger partial charge is 0.319 e. The summed E-state index contributed by atoms with van der Waals surface area (Å²) in [6, 6.07) is 2.43. The number of aryl methyl sites for hydroxylation is 1. The van der Waals surface area contributed by atoms with E-state index in [1.54, 1.807) is 13.2 Å². The summed E-state index contributed by atoms with van der Waals surface area (Å²) < 4.78 is 28.3. The molecule has 1 aromatic carbocycles. The Balaban J connectivity index is 1.98. The number of nitrogens with one attached hydrogen (secondary N) is 2. The van der Waals surface area contributed by atoms with Crippen LogP contribution < -0.4 is 10.6 Å². The van der Waals surface area contributed by atoms with E-state index in [2.05, 4.69) is 15.7 Å². The molecule has 118 valence electrons. The van der Waals surface area contributed by atoms with E-state index < -0.39 is 29.0 Å². The summed E-state index contributed by atoms with van der Waals surface area (Å²) in [5, 5.41) is 18.6. The number of urea groups is 1. The first kappa shape index (κ1) is 15.9. The largest absolute Gasteiger partial charge is 0.383 e. The molecule has 2 amide bonds. The highest BCUT2D eigenvalue weighted by molar-refractivity contribution is 5.89. The SMILES string of the molecule is Cn1cc(C(C)(O)CNC(=O)Nc2c(F)cccc2F)cn1. The Kier molecular flexibility index (Phi) is 4.41. The van der Waals surface area contributed by atoms with Crippen molar-refractivity contribution >= 4 is 11.7 Å². The number of carbonyl (C=O) groups excluding carboxylic acids is 1. The van der Waals surface area contributed by atoms with Gasteiger partial charge in [-0.05, 0) is 19.1 Å². The van der Waals surface area contributed by atoms with Gasteiger partial charge in [0.2, 0.25) is 0 Å². The molecule has 0 bridgehead atoms. The third-order valence-electron chi connectivity index (χ3n) is 3.12. The maximum atomic E-state index is 13.4. The van der Waals surface area contributed by atoms with Crippen LogP contribution in [0.15, 0.2) is 30.6 Å². The van der Waals surface area contributed by atoms with Crippen LogP contribution in [0.3, 0.4) is 0 Å². The zero-order valence-corrected chi connectivity index (χ0v) is 12.1. The van der Waals surface area contributed by atoms with E-state index in [1.165, 1.54) is 23.9 Å². The number of amides is 2. The summed E-state index contributed by atoms with van der Waals surface area (Å²) in [5.74, 6) is -1.76. The van der Waals surface area contributed by atoms with Gasteiger partial charge < -0.3 is 15.7 Å². The van der Waals surface area contributed by atoms with Gasteiger partial charge in [-0.15, -0.1) is 0 Å². The van der Waals surface area contributed by atoms with E-state index in [1.807, 2.05) is 0 Å². The third-order valence-corrected chi connectivity index (χ3v) is 3.12. The summed E-state index contributed by atoms with van der Waals surface area (Å²) in [7, 11) is 1.70. The van der Waals surface area contributed by atoms with E-state index in [4.69, 9.17) is 0 Å². The van der Waals surface area contributed by atoms with Crippen LogP contribution in [-0.4, -0.2) is 27.5 Å². The first-order valence-corrected chi connectivity index (χ1v) is 6.50. The fraction of sp³-hybridized carbons (Fsp3) is 0.286. The molecule has 3 N–H and O–H groups in total. The van der Waals surface area contributed by atoms with Gasteiger partial charge in [-0.2, -0.15) is 5.10 Å². The number of rotatable bonds is 4. The van der Waals surface area contributed by atoms with Crippen LogP contribution in [0.4, 0.5) is 19.3 Å². The van der Waals surface area contributed by atoms with Gasteiger partial charge in [-0.1, -0.05) is 6.07 Å². The van der Waals surface area contributed by atoms with Gasteiger partial charge in [0.15, 0.2) is 0 Å².